The van der Waals surface area contributed by atoms with Crippen LogP contribution in [0.3, 0.4) is 0 Å². The van der Waals surface area contributed by atoms with E-state index in [4.69, 9.17) is 4.74 Å². The van der Waals surface area contributed by atoms with Crippen molar-refractivity contribution >= 4 is 5.97 Å². The van der Waals surface area contributed by atoms with Crippen molar-refractivity contribution in [3.05, 3.63) is 35.9 Å². The highest BCUT2D eigenvalue weighted by Crippen LogP contribution is 2.31. The van der Waals surface area contributed by atoms with Gasteiger partial charge in [0.25, 0.3) is 0 Å². The van der Waals surface area contributed by atoms with Gasteiger partial charge in [-0.05, 0) is 25.3 Å². The molecule has 118 valence electrons. The van der Waals surface area contributed by atoms with Gasteiger partial charge in [0.2, 0.25) is 0 Å². The van der Waals surface area contributed by atoms with E-state index < -0.39 is 37.3 Å². The van der Waals surface area contributed by atoms with Crippen molar-refractivity contribution in [1.82, 2.24) is 0 Å². The Labute approximate surface area is 123 Å². The van der Waals surface area contributed by atoms with E-state index in [1.165, 1.54) is 0 Å². The fourth-order valence-electron chi connectivity index (χ4n) is 2.19. The number of benzene rings is 1. The predicted octanol–water partition coefficient (Wildman–Crippen LogP) is 3.69. The lowest BCUT2D eigenvalue weighted by molar-refractivity contribution is -0.149. The Morgan fingerprint density at radius 1 is 1.14 bits per heavy atom. The molecular formula is C16H21F3O2. The number of esters is 1. The minimum atomic E-state index is -1.74. The highest BCUT2D eigenvalue weighted by atomic mass is 19.1. The Morgan fingerprint density at radius 2 is 1.71 bits per heavy atom. The van der Waals surface area contributed by atoms with Crippen LogP contribution in [0.4, 0.5) is 13.2 Å². The molecule has 0 spiro atoms. The van der Waals surface area contributed by atoms with Crippen molar-refractivity contribution in [2.45, 2.75) is 19.8 Å². The fraction of sp³-hybridized carbons (Fsp3) is 0.562. The van der Waals surface area contributed by atoms with Crippen molar-refractivity contribution in [2.24, 2.45) is 11.3 Å². The van der Waals surface area contributed by atoms with Gasteiger partial charge in [-0.2, -0.15) is 0 Å². The first kappa shape index (κ1) is 17.5. The van der Waals surface area contributed by atoms with Crippen molar-refractivity contribution < 1.29 is 22.7 Å². The highest BCUT2D eigenvalue weighted by molar-refractivity contribution is 5.73. The molecule has 0 aliphatic rings. The molecule has 0 saturated heterocycles. The molecule has 0 aromatic heterocycles. The summed E-state index contributed by atoms with van der Waals surface area (Å²) in [5, 5.41) is 0. The van der Waals surface area contributed by atoms with Gasteiger partial charge in [-0.15, -0.1) is 0 Å². The summed E-state index contributed by atoms with van der Waals surface area (Å²) in [6.07, 6.45) is 0.0751. The first-order valence-electron chi connectivity index (χ1n) is 6.99. The number of alkyl halides is 3. The van der Waals surface area contributed by atoms with Gasteiger partial charge in [0.15, 0.2) is 0 Å². The average molecular weight is 302 g/mol. The minimum absolute atomic E-state index is 0.179. The molecule has 0 fully saturated rings. The molecule has 0 amide bonds. The van der Waals surface area contributed by atoms with E-state index in [0.717, 1.165) is 5.56 Å². The third-order valence-electron chi connectivity index (χ3n) is 3.47. The van der Waals surface area contributed by atoms with Gasteiger partial charge in [0.1, 0.15) is 20.0 Å². The zero-order chi connectivity index (χ0) is 15.7. The fourth-order valence-corrected chi connectivity index (χ4v) is 2.19. The van der Waals surface area contributed by atoms with Gasteiger partial charge in [-0.1, -0.05) is 30.3 Å². The number of hydrogen-bond donors (Lipinski definition) is 0. The highest BCUT2D eigenvalue weighted by Gasteiger charge is 2.37. The lowest BCUT2D eigenvalue weighted by Crippen LogP contribution is -2.35. The van der Waals surface area contributed by atoms with E-state index >= 15 is 0 Å². The Kier molecular flexibility index (Phi) is 7.26. The molecule has 1 aromatic rings. The molecule has 1 rings (SSSR count). The number of carbonyl (C=O) groups is 1. The Bertz CT molecular complexity index is 411. The number of rotatable bonds is 9. The second-order valence-electron chi connectivity index (χ2n) is 5.24. The van der Waals surface area contributed by atoms with E-state index in [1.807, 2.05) is 30.3 Å². The van der Waals surface area contributed by atoms with Crippen molar-refractivity contribution in [1.29, 1.82) is 0 Å². The molecule has 1 aromatic carbocycles. The Balaban J connectivity index is 2.89. The van der Waals surface area contributed by atoms with E-state index in [-0.39, 0.29) is 19.4 Å². The maximum absolute atomic E-state index is 13.0. The predicted molar refractivity (Wildman–Crippen MR) is 75.2 cm³/mol. The van der Waals surface area contributed by atoms with Crippen molar-refractivity contribution in [2.75, 3.05) is 26.6 Å². The summed E-state index contributed by atoms with van der Waals surface area (Å²) in [5.41, 5.74) is -0.896. The van der Waals surface area contributed by atoms with Crippen LogP contribution in [0.2, 0.25) is 0 Å². The van der Waals surface area contributed by atoms with E-state index in [9.17, 15) is 18.0 Å². The van der Waals surface area contributed by atoms with E-state index in [0.29, 0.717) is 0 Å². The quantitative estimate of drug-likeness (QED) is 0.650. The van der Waals surface area contributed by atoms with Crippen LogP contribution in [0.5, 0.6) is 0 Å². The summed E-state index contributed by atoms with van der Waals surface area (Å²) < 4.78 is 44.0. The number of ether oxygens (including phenoxy) is 1. The van der Waals surface area contributed by atoms with Gasteiger partial charge in [0.05, 0.1) is 17.9 Å². The second kappa shape index (κ2) is 8.70. The summed E-state index contributed by atoms with van der Waals surface area (Å²) in [6, 6.07) is 9.08. The number of hydrogen-bond acceptors (Lipinski definition) is 2. The molecule has 0 bridgehead atoms. The van der Waals surface area contributed by atoms with E-state index in [2.05, 4.69) is 0 Å². The molecule has 1 unspecified atom stereocenters. The summed E-state index contributed by atoms with van der Waals surface area (Å²) in [5.74, 6) is -1.30. The molecule has 0 aliphatic carbocycles. The van der Waals surface area contributed by atoms with Gasteiger partial charge in [0, 0.05) is 0 Å². The molecule has 21 heavy (non-hydrogen) atoms. The smallest absolute Gasteiger partial charge is 0.309 e. The molecule has 0 aliphatic heterocycles. The lowest BCUT2D eigenvalue weighted by Gasteiger charge is -2.28. The van der Waals surface area contributed by atoms with Crippen LogP contribution in [0.25, 0.3) is 0 Å². The van der Waals surface area contributed by atoms with Crippen LogP contribution >= 0.6 is 0 Å². The largest absolute Gasteiger partial charge is 0.466 e. The van der Waals surface area contributed by atoms with Crippen LogP contribution in [-0.4, -0.2) is 32.6 Å². The zero-order valence-corrected chi connectivity index (χ0v) is 12.2. The molecule has 2 nitrogen and oxygen atoms in total. The Morgan fingerprint density at radius 3 is 2.19 bits per heavy atom. The van der Waals surface area contributed by atoms with Crippen LogP contribution in [0.15, 0.2) is 30.3 Å². The molecule has 0 heterocycles. The lowest BCUT2D eigenvalue weighted by atomic mass is 9.80. The SMILES string of the molecule is CCOC(=O)C(Cc1ccccc1)CC(CF)(CF)CF. The zero-order valence-electron chi connectivity index (χ0n) is 12.2. The van der Waals surface area contributed by atoms with Crippen LogP contribution < -0.4 is 0 Å². The maximum atomic E-state index is 13.0. The topological polar surface area (TPSA) is 26.3 Å². The van der Waals surface area contributed by atoms with Gasteiger partial charge in [-0.25, -0.2) is 0 Å². The molecular weight excluding hydrogens is 281 g/mol. The van der Waals surface area contributed by atoms with Crippen LogP contribution in [0.1, 0.15) is 18.9 Å². The van der Waals surface area contributed by atoms with E-state index in [1.54, 1.807) is 6.92 Å². The monoisotopic (exact) mass is 302 g/mol. The van der Waals surface area contributed by atoms with Crippen molar-refractivity contribution in [3.63, 3.8) is 0 Å². The molecule has 0 saturated carbocycles. The van der Waals surface area contributed by atoms with Crippen LogP contribution in [-0.2, 0) is 16.0 Å². The first-order valence-corrected chi connectivity index (χ1v) is 6.99. The molecule has 0 N–H and O–H groups in total. The van der Waals surface area contributed by atoms with Gasteiger partial charge < -0.3 is 4.74 Å². The maximum Gasteiger partial charge on any atom is 0.309 e. The number of carbonyl (C=O) groups excluding carboxylic acids is 1. The average Bonchev–Trinajstić information content (AvgIpc) is 2.53. The summed E-state index contributed by atoms with van der Waals surface area (Å²) in [6.45, 7) is -1.57. The summed E-state index contributed by atoms with van der Waals surface area (Å²) >= 11 is 0. The summed E-state index contributed by atoms with van der Waals surface area (Å²) in [7, 11) is 0. The third-order valence-corrected chi connectivity index (χ3v) is 3.47. The standard InChI is InChI=1S/C16H21F3O2/c1-2-21-15(20)14(8-13-6-4-3-5-7-13)9-16(10-17,11-18)12-19/h3-7,14H,2,8-12H2,1H3. The van der Waals surface area contributed by atoms with Crippen molar-refractivity contribution in [3.8, 4) is 0 Å². The molecule has 1 atom stereocenters. The first-order chi connectivity index (χ1) is 10.1. The molecule has 0 radical (unpaired) electrons. The Hall–Kier alpha value is -1.52. The number of halogens is 3. The summed E-state index contributed by atoms with van der Waals surface area (Å²) in [4.78, 5) is 12.0. The van der Waals surface area contributed by atoms with Gasteiger partial charge in [-0.3, -0.25) is 18.0 Å². The third kappa shape index (κ3) is 5.06. The second-order valence-corrected chi connectivity index (χ2v) is 5.24. The molecule has 5 heteroatoms. The normalized spacial score (nSPS) is 13.0. The van der Waals surface area contributed by atoms with Crippen LogP contribution in [0, 0.1) is 11.3 Å². The van der Waals surface area contributed by atoms with Gasteiger partial charge >= 0.3 is 5.97 Å². The minimum Gasteiger partial charge on any atom is -0.466 e.